The van der Waals surface area contributed by atoms with E-state index in [2.05, 4.69) is 213 Å². The van der Waals surface area contributed by atoms with Crippen LogP contribution in [0.1, 0.15) is 31.9 Å². The Labute approximate surface area is 349 Å². The summed E-state index contributed by atoms with van der Waals surface area (Å²) in [5.41, 5.74) is 16.5. The highest BCUT2D eigenvalue weighted by Gasteiger charge is 2.46. The number of thiophene rings is 1. The molecule has 0 saturated carbocycles. The van der Waals surface area contributed by atoms with Crippen molar-refractivity contribution in [2.45, 2.75) is 33.1 Å². The van der Waals surface area contributed by atoms with Gasteiger partial charge >= 0.3 is 6.85 Å². The summed E-state index contributed by atoms with van der Waals surface area (Å²) in [5, 5.41) is 7.67. The average Bonchev–Trinajstić information content (AvgIpc) is 3.63. The Hall–Kier alpha value is -6.62. The Kier molecular flexibility index (Phi) is 7.41. The average molecular weight is 773 g/mol. The molecule has 2 aliphatic rings. The maximum absolute atomic E-state index is 2.66. The summed E-state index contributed by atoms with van der Waals surface area (Å²) in [5.74, 6) is 0. The first-order chi connectivity index (χ1) is 28.8. The quantitative estimate of drug-likeness (QED) is 0.165. The Bertz CT molecular complexity index is 3340. The molecule has 3 heterocycles. The van der Waals surface area contributed by atoms with Crippen molar-refractivity contribution in [1.82, 2.24) is 0 Å². The zero-order valence-electron chi connectivity index (χ0n) is 33.6. The van der Waals surface area contributed by atoms with Gasteiger partial charge in [-0.2, -0.15) is 0 Å². The van der Waals surface area contributed by atoms with Gasteiger partial charge in [0.1, 0.15) is 0 Å². The fraction of sp³-hybridized carbons (Fsp3) is 0.0909. The standard InChI is InChI=1S/C55H41BN2S/c1-34-28-40(55(2,3)4)24-27-47(34)57-49-33-52-44(43-20-12-13-21-51(43)59-52)32-46(49)56-54-50(57)31-39-18-10-11-19-42(39)53(54)45-29-37-16-8-9-17-38(37)30-48(45)58(56)41-25-22-36(23-26-41)35-14-6-5-7-15-35/h5-33H,1-4H3. The van der Waals surface area contributed by atoms with Crippen LogP contribution in [0.4, 0.5) is 28.4 Å². The molecule has 0 fully saturated rings. The molecule has 0 spiro atoms. The molecule has 1 aromatic heterocycles. The summed E-state index contributed by atoms with van der Waals surface area (Å²) in [7, 11) is 0. The highest BCUT2D eigenvalue weighted by molar-refractivity contribution is 7.26. The largest absolute Gasteiger partial charge is 0.376 e. The third-order valence-corrected chi connectivity index (χ3v) is 14.0. The number of hydrogen-bond acceptors (Lipinski definition) is 3. The van der Waals surface area contributed by atoms with Crippen LogP contribution in [-0.2, 0) is 5.41 Å². The molecular formula is C55H41BN2S. The lowest BCUT2D eigenvalue weighted by atomic mass is 9.43. The zero-order chi connectivity index (χ0) is 39.6. The summed E-state index contributed by atoms with van der Waals surface area (Å²) in [6.07, 6.45) is 0. The van der Waals surface area contributed by atoms with Crippen molar-refractivity contribution in [2.24, 2.45) is 0 Å². The number of hydrogen-bond donors (Lipinski definition) is 0. The minimum Gasteiger partial charge on any atom is -0.376 e. The molecule has 0 amide bonds. The maximum atomic E-state index is 2.66. The van der Waals surface area contributed by atoms with E-state index in [4.69, 9.17) is 0 Å². The number of rotatable bonds is 3. The van der Waals surface area contributed by atoms with Crippen molar-refractivity contribution in [2.75, 3.05) is 9.71 Å². The van der Waals surface area contributed by atoms with Crippen LogP contribution in [0, 0.1) is 6.92 Å². The zero-order valence-corrected chi connectivity index (χ0v) is 34.4. The van der Waals surface area contributed by atoms with E-state index >= 15 is 0 Å². The normalized spacial score (nSPS) is 13.3. The minimum atomic E-state index is -0.0932. The monoisotopic (exact) mass is 772 g/mol. The van der Waals surface area contributed by atoms with Gasteiger partial charge in [0.15, 0.2) is 0 Å². The molecule has 0 atom stereocenters. The van der Waals surface area contributed by atoms with Crippen LogP contribution in [0.2, 0.25) is 0 Å². The molecule has 0 aliphatic carbocycles. The van der Waals surface area contributed by atoms with E-state index in [-0.39, 0.29) is 12.3 Å². The molecule has 10 aromatic rings. The van der Waals surface area contributed by atoms with Gasteiger partial charge in [-0.25, -0.2) is 0 Å². The predicted octanol–water partition coefficient (Wildman–Crippen LogP) is 14.3. The van der Waals surface area contributed by atoms with Gasteiger partial charge in [0.2, 0.25) is 0 Å². The van der Waals surface area contributed by atoms with E-state index in [9.17, 15) is 0 Å². The number of anilines is 5. The molecule has 0 saturated heterocycles. The van der Waals surface area contributed by atoms with Crippen molar-refractivity contribution in [3.63, 3.8) is 0 Å². The molecule has 0 bridgehead atoms. The topological polar surface area (TPSA) is 6.48 Å². The SMILES string of the molecule is Cc1cc(C(C)(C)C)ccc1N1c2cc3sc4ccccc4c3cc2B2c3c1cc1ccccc1c3-c1cc3ccccc3cc1N2c1ccc(-c2ccccc2)cc1. The summed E-state index contributed by atoms with van der Waals surface area (Å²) >= 11 is 1.90. The van der Waals surface area contributed by atoms with Gasteiger partial charge in [0, 0.05) is 54.2 Å². The molecule has 0 unspecified atom stereocenters. The number of fused-ring (bicyclic) bond motifs is 10. The van der Waals surface area contributed by atoms with Gasteiger partial charge in [0.05, 0.1) is 0 Å². The second-order valence-corrected chi connectivity index (χ2v) is 18.5. The molecule has 2 nitrogen and oxygen atoms in total. The molecule has 2 aliphatic heterocycles. The lowest BCUT2D eigenvalue weighted by Crippen LogP contribution is -2.61. The molecular weight excluding hydrogens is 731 g/mol. The van der Waals surface area contributed by atoms with E-state index in [1.165, 1.54) is 114 Å². The lowest BCUT2D eigenvalue weighted by molar-refractivity contribution is 0.590. The molecule has 280 valence electrons. The second-order valence-electron chi connectivity index (χ2n) is 17.4. The van der Waals surface area contributed by atoms with Crippen molar-refractivity contribution < 1.29 is 0 Å². The van der Waals surface area contributed by atoms with Crippen LogP contribution >= 0.6 is 11.3 Å². The highest BCUT2D eigenvalue weighted by atomic mass is 32.1. The molecule has 4 heteroatoms. The van der Waals surface area contributed by atoms with Crippen molar-refractivity contribution >= 4 is 99.3 Å². The summed E-state index contributed by atoms with van der Waals surface area (Å²) < 4.78 is 2.63. The fourth-order valence-electron chi connectivity index (χ4n) is 9.98. The Balaban J connectivity index is 1.23. The first-order valence-electron chi connectivity index (χ1n) is 20.7. The van der Waals surface area contributed by atoms with Gasteiger partial charge in [-0.05, 0) is 121 Å². The van der Waals surface area contributed by atoms with Crippen molar-refractivity contribution in [3.05, 3.63) is 187 Å². The Morgan fingerprint density at radius 1 is 0.492 bits per heavy atom. The summed E-state index contributed by atoms with van der Waals surface area (Å²) in [4.78, 5) is 5.26. The lowest BCUT2D eigenvalue weighted by Gasteiger charge is -2.46. The number of aryl methyl sites for hydroxylation is 1. The Morgan fingerprint density at radius 2 is 1.15 bits per heavy atom. The molecule has 0 radical (unpaired) electrons. The fourth-order valence-corrected chi connectivity index (χ4v) is 11.1. The third-order valence-electron chi connectivity index (χ3n) is 12.9. The van der Waals surface area contributed by atoms with Gasteiger partial charge in [-0.3, -0.25) is 0 Å². The van der Waals surface area contributed by atoms with E-state index in [1.54, 1.807) is 0 Å². The van der Waals surface area contributed by atoms with Gasteiger partial charge in [-0.1, -0.05) is 148 Å². The molecule has 0 N–H and O–H groups in total. The number of benzene rings is 9. The van der Waals surface area contributed by atoms with E-state index in [1.807, 2.05) is 11.3 Å². The second kappa shape index (κ2) is 12.7. The van der Waals surface area contributed by atoms with Crippen LogP contribution in [0.25, 0.3) is 64.0 Å². The first kappa shape index (κ1) is 34.4. The summed E-state index contributed by atoms with van der Waals surface area (Å²) in [6.45, 7) is 9.13. The van der Waals surface area contributed by atoms with Crippen LogP contribution in [0.15, 0.2) is 176 Å². The minimum absolute atomic E-state index is 0.0442. The Morgan fingerprint density at radius 3 is 1.92 bits per heavy atom. The van der Waals surface area contributed by atoms with E-state index < -0.39 is 0 Å². The van der Waals surface area contributed by atoms with Gasteiger partial charge in [-0.15, -0.1) is 11.3 Å². The van der Waals surface area contributed by atoms with E-state index in [0.717, 1.165) is 0 Å². The van der Waals surface area contributed by atoms with Crippen molar-refractivity contribution in [1.29, 1.82) is 0 Å². The molecule has 59 heavy (non-hydrogen) atoms. The van der Waals surface area contributed by atoms with Gasteiger partial charge < -0.3 is 9.71 Å². The maximum Gasteiger partial charge on any atom is 0.333 e. The smallest absolute Gasteiger partial charge is 0.333 e. The molecule has 9 aromatic carbocycles. The number of nitrogens with zero attached hydrogens (tertiary/aromatic N) is 2. The van der Waals surface area contributed by atoms with E-state index in [0.29, 0.717) is 0 Å². The van der Waals surface area contributed by atoms with Crippen LogP contribution in [0.5, 0.6) is 0 Å². The van der Waals surface area contributed by atoms with Crippen LogP contribution in [0.3, 0.4) is 0 Å². The predicted molar refractivity (Wildman–Crippen MR) is 257 cm³/mol. The molecule has 12 rings (SSSR count). The first-order valence-corrected chi connectivity index (χ1v) is 21.5. The van der Waals surface area contributed by atoms with Gasteiger partial charge in [0.25, 0.3) is 0 Å². The summed E-state index contributed by atoms with van der Waals surface area (Å²) in [6, 6.07) is 66.4. The van der Waals surface area contributed by atoms with Crippen molar-refractivity contribution in [3.8, 4) is 22.3 Å². The van der Waals surface area contributed by atoms with Crippen LogP contribution in [-0.4, -0.2) is 6.85 Å². The third kappa shape index (κ3) is 5.19. The highest BCUT2D eigenvalue weighted by Crippen LogP contribution is 2.51. The van der Waals surface area contributed by atoms with Crippen LogP contribution < -0.4 is 20.6 Å².